The lowest BCUT2D eigenvalue weighted by molar-refractivity contribution is 0.112. The average Bonchev–Trinajstić information content (AvgIpc) is 2.56. The number of hydrogen-bond acceptors (Lipinski definition) is 5. The van der Waals surface area contributed by atoms with E-state index >= 15 is 0 Å². The van der Waals surface area contributed by atoms with Crippen LogP contribution in [0.2, 0.25) is 5.15 Å². The van der Waals surface area contributed by atoms with Crippen LogP contribution in [0, 0.1) is 6.92 Å². The largest absolute Gasteiger partial charge is 0.493 e. The molecule has 120 valence electrons. The number of aromatic nitrogens is 1. The van der Waals surface area contributed by atoms with Gasteiger partial charge in [0.2, 0.25) is 0 Å². The number of benzene rings is 1. The summed E-state index contributed by atoms with van der Waals surface area (Å²) < 4.78 is 10.5. The van der Waals surface area contributed by atoms with Gasteiger partial charge < -0.3 is 9.47 Å². The fourth-order valence-electron chi connectivity index (χ4n) is 2.03. The number of methoxy groups -OCH3 is 2. The third kappa shape index (κ3) is 4.07. The second-order valence-corrected chi connectivity index (χ2v) is 5.17. The molecule has 0 bridgehead atoms. The van der Waals surface area contributed by atoms with Gasteiger partial charge in [0.15, 0.2) is 17.8 Å². The molecule has 1 aromatic heterocycles. The predicted molar refractivity (Wildman–Crippen MR) is 90.8 cm³/mol. The van der Waals surface area contributed by atoms with Crippen LogP contribution >= 0.6 is 11.6 Å². The Balaban J connectivity index is 2.17. The lowest BCUT2D eigenvalue weighted by atomic mass is 10.2. The number of carbonyl (C=O) groups is 1. The fraction of sp³-hybridized carbons (Fsp3) is 0.235. The summed E-state index contributed by atoms with van der Waals surface area (Å²) in [5.41, 5.74) is 2.88. The summed E-state index contributed by atoms with van der Waals surface area (Å²) in [5, 5.41) is 0.202. The molecular weight excluding hydrogens is 316 g/mol. The number of rotatable bonds is 6. The van der Waals surface area contributed by atoms with Gasteiger partial charge in [-0.25, -0.2) is 4.98 Å². The maximum absolute atomic E-state index is 10.7. The van der Waals surface area contributed by atoms with E-state index in [1.165, 1.54) is 0 Å². The van der Waals surface area contributed by atoms with E-state index in [1.54, 1.807) is 32.6 Å². The highest BCUT2D eigenvalue weighted by Gasteiger charge is 2.07. The molecule has 0 spiro atoms. The van der Waals surface area contributed by atoms with E-state index in [4.69, 9.17) is 21.1 Å². The van der Waals surface area contributed by atoms with Gasteiger partial charge in [0.05, 0.1) is 25.5 Å². The average molecular weight is 333 g/mol. The van der Waals surface area contributed by atoms with Crippen molar-refractivity contribution in [1.82, 2.24) is 4.98 Å². The molecule has 0 atom stereocenters. The number of ether oxygens (including phenoxy) is 2. The summed E-state index contributed by atoms with van der Waals surface area (Å²) in [5.74, 6) is 1.30. The van der Waals surface area contributed by atoms with Crippen LogP contribution in [-0.4, -0.2) is 31.7 Å². The summed E-state index contributed by atoms with van der Waals surface area (Å²) in [4.78, 5) is 19.3. The van der Waals surface area contributed by atoms with Crippen LogP contribution in [-0.2, 0) is 6.42 Å². The van der Waals surface area contributed by atoms with Crippen LogP contribution in [0.1, 0.15) is 21.6 Å². The number of pyridine rings is 1. The van der Waals surface area contributed by atoms with Crippen LogP contribution in [0.5, 0.6) is 11.5 Å². The third-order valence-corrected chi connectivity index (χ3v) is 3.60. The quantitative estimate of drug-likeness (QED) is 0.458. The van der Waals surface area contributed by atoms with Gasteiger partial charge in [0.1, 0.15) is 5.15 Å². The van der Waals surface area contributed by atoms with Gasteiger partial charge >= 0.3 is 0 Å². The van der Waals surface area contributed by atoms with E-state index in [1.807, 2.05) is 19.1 Å². The molecule has 0 N–H and O–H groups in total. The summed E-state index contributed by atoms with van der Waals surface area (Å²) in [6, 6.07) is 7.09. The summed E-state index contributed by atoms with van der Waals surface area (Å²) in [7, 11) is 3.18. The Hall–Kier alpha value is -2.40. The van der Waals surface area contributed by atoms with Crippen molar-refractivity contribution >= 4 is 29.8 Å². The van der Waals surface area contributed by atoms with Gasteiger partial charge in [0.25, 0.3) is 0 Å². The van der Waals surface area contributed by atoms with E-state index in [-0.39, 0.29) is 5.15 Å². The smallest absolute Gasteiger partial charge is 0.162 e. The lowest BCUT2D eigenvalue weighted by Crippen LogP contribution is -1.95. The second kappa shape index (κ2) is 7.74. The van der Waals surface area contributed by atoms with E-state index < -0.39 is 0 Å². The molecule has 0 aliphatic heterocycles. The zero-order valence-electron chi connectivity index (χ0n) is 13.2. The van der Waals surface area contributed by atoms with E-state index in [2.05, 4.69) is 9.98 Å². The number of carbonyl (C=O) groups excluding carboxylic acids is 1. The Morgan fingerprint density at radius 1 is 1.22 bits per heavy atom. The van der Waals surface area contributed by atoms with Gasteiger partial charge in [-0.3, -0.25) is 9.79 Å². The highest BCUT2D eigenvalue weighted by atomic mass is 35.5. The summed E-state index contributed by atoms with van der Waals surface area (Å²) in [6.07, 6.45) is 2.93. The number of nitrogens with zero attached hydrogens (tertiary/aromatic N) is 2. The molecule has 0 saturated heterocycles. The second-order valence-electron chi connectivity index (χ2n) is 4.81. The highest BCUT2D eigenvalue weighted by Crippen LogP contribution is 2.34. The van der Waals surface area contributed by atoms with Crippen LogP contribution in [0.15, 0.2) is 29.3 Å². The molecule has 1 aromatic carbocycles. The molecule has 0 fully saturated rings. The van der Waals surface area contributed by atoms with Crippen molar-refractivity contribution in [1.29, 1.82) is 0 Å². The molecule has 0 amide bonds. The molecule has 23 heavy (non-hydrogen) atoms. The zero-order chi connectivity index (χ0) is 16.8. The molecule has 6 heteroatoms. The minimum Gasteiger partial charge on any atom is -0.493 e. The molecule has 2 aromatic rings. The van der Waals surface area contributed by atoms with Crippen molar-refractivity contribution in [3.05, 3.63) is 46.2 Å². The van der Waals surface area contributed by atoms with E-state index in [0.717, 1.165) is 16.9 Å². The lowest BCUT2D eigenvalue weighted by Gasteiger charge is -2.10. The SMILES string of the molecule is COc1cc(C)c(/N=C\Cc2ccc(C=O)c(Cl)n2)cc1OC. The molecular formula is C17H17ClN2O3. The van der Waals surface area contributed by atoms with Crippen molar-refractivity contribution in [2.24, 2.45) is 4.99 Å². The zero-order valence-corrected chi connectivity index (χ0v) is 13.9. The minimum absolute atomic E-state index is 0.202. The van der Waals surface area contributed by atoms with Gasteiger partial charge in [-0.2, -0.15) is 0 Å². The van der Waals surface area contributed by atoms with Crippen molar-refractivity contribution < 1.29 is 14.3 Å². The first-order chi connectivity index (χ1) is 11.1. The van der Waals surface area contributed by atoms with Crippen molar-refractivity contribution in [3.8, 4) is 11.5 Å². The number of aldehydes is 1. The van der Waals surface area contributed by atoms with Crippen molar-refractivity contribution in [2.45, 2.75) is 13.3 Å². The number of aryl methyl sites for hydroxylation is 1. The third-order valence-electron chi connectivity index (χ3n) is 3.30. The minimum atomic E-state index is 0.202. The molecule has 1 heterocycles. The Labute approximate surface area is 139 Å². The van der Waals surface area contributed by atoms with Gasteiger partial charge in [-0.15, -0.1) is 0 Å². The Morgan fingerprint density at radius 3 is 2.52 bits per heavy atom. The fourth-order valence-corrected chi connectivity index (χ4v) is 2.25. The van der Waals surface area contributed by atoms with Crippen LogP contribution in [0.3, 0.4) is 0 Å². The van der Waals surface area contributed by atoms with Crippen molar-refractivity contribution in [3.63, 3.8) is 0 Å². The van der Waals surface area contributed by atoms with Gasteiger partial charge in [-0.05, 0) is 30.7 Å². The molecule has 5 nitrogen and oxygen atoms in total. The maximum atomic E-state index is 10.7. The molecule has 0 aliphatic carbocycles. The summed E-state index contributed by atoms with van der Waals surface area (Å²) in [6.45, 7) is 1.95. The Morgan fingerprint density at radius 2 is 1.91 bits per heavy atom. The predicted octanol–water partition coefficient (Wildman–Crippen LogP) is 3.82. The van der Waals surface area contributed by atoms with Crippen molar-refractivity contribution in [2.75, 3.05) is 14.2 Å². The van der Waals surface area contributed by atoms with Crippen LogP contribution < -0.4 is 9.47 Å². The highest BCUT2D eigenvalue weighted by molar-refractivity contribution is 6.31. The standard InChI is InChI=1S/C17H17ClN2O3/c1-11-8-15(22-2)16(23-3)9-14(11)19-7-6-13-5-4-12(10-21)17(18)20-13/h4-5,7-10H,6H2,1-3H3/b19-7-. The van der Waals surface area contributed by atoms with Gasteiger partial charge in [-0.1, -0.05) is 11.6 Å². The van der Waals surface area contributed by atoms with E-state index in [0.29, 0.717) is 29.8 Å². The molecule has 0 aliphatic rings. The monoisotopic (exact) mass is 332 g/mol. The first-order valence-corrected chi connectivity index (χ1v) is 7.32. The first-order valence-electron chi connectivity index (χ1n) is 6.94. The molecule has 0 unspecified atom stereocenters. The molecule has 0 radical (unpaired) electrons. The molecule has 2 rings (SSSR count). The van der Waals surface area contributed by atoms with Gasteiger partial charge in [0, 0.05) is 24.4 Å². The Kier molecular flexibility index (Phi) is 5.71. The van der Waals surface area contributed by atoms with E-state index in [9.17, 15) is 4.79 Å². The molecule has 0 saturated carbocycles. The number of aliphatic imine (C=N–C) groups is 1. The Bertz CT molecular complexity index is 745. The number of halogens is 1. The number of hydrogen-bond donors (Lipinski definition) is 0. The topological polar surface area (TPSA) is 60.8 Å². The van der Waals surface area contributed by atoms with Crippen LogP contribution in [0.4, 0.5) is 5.69 Å². The first kappa shape index (κ1) is 17.0. The maximum Gasteiger partial charge on any atom is 0.162 e. The normalized spacial score (nSPS) is 10.8. The van der Waals surface area contributed by atoms with Crippen LogP contribution in [0.25, 0.3) is 0 Å². The summed E-state index contributed by atoms with van der Waals surface area (Å²) >= 11 is 5.91.